The molecule has 1 aliphatic carbocycles. The van der Waals surface area contributed by atoms with Crippen molar-refractivity contribution >= 4 is 17.6 Å². The summed E-state index contributed by atoms with van der Waals surface area (Å²) in [6.07, 6.45) is 2.04. The number of amides is 2. The van der Waals surface area contributed by atoms with Crippen LogP contribution in [-0.2, 0) is 14.4 Å². The van der Waals surface area contributed by atoms with Gasteiger partial charge in [-0.3, -0.25) is 14.4 Å². The molecule has 2 aliphatic rings. The van der Waals surface area contributed by atoms with E-state index in [0.29, 0.717) is 32.2 Å². The number of carbonyl (C=O) groups excluding carboxylic acids is 3. The van der Waals surface area contributed by atoms with Crippen LogP contribution in [0, 0.1) is 0 Å². The standard InChI is InChI=1S/C12H19N3O3/c1-7(16)14-10-6-8(17)2-3-11(10)15-5-4-9(13)12(15)18/h9-11H,2-6,13H2,1H3,(H,14,16)/t9-,10+,11-/m0/s1. The van der Waals surface area contributed by atoms with E-state index in [4.69, 9.17) is 5.73 Å². The minimum absolute atomic E-state index is 0.0651. The zero-order valence-corrected chi connectivity index (χ0v) is 10.5. The average Bonchev–Trinajstić information content (AvgIpc) is 2.60. The first-order chi connectivity index (χ1) is 8.49. The Labute approximate surface area is 106 Å². The topological polar surface area (TPSA) is 92.5 Å². The van der Waals surface area contributed by atoms with Crippen molar-refractivity contribution in [2.75, 3.05) is 6.54 Å². The molecule has 0 aromatic carbocycles. The van der Waals surface area contributed by atoms with E-state index >= 15 is 0 Å². The molecule has 2 rings (SSSR count). The number of nitrogens with one attached hydrogen (secondary N) is 1. The molecule has 0 bridgehead atoms. The summed E-state index contributed by atoms with van der Waals surface area (Å²) < 4.78 is 0. The van der Waals surface area contributed by atoms with Gasteiger partial charge in [0, 0.05) is 26.3 Å². The molecule has 1 saturated heterocycles. The molecule has 3 N–H and O–H groups in total. The minimum Gasteiger partial charge on any atom is -0.351 e. The van der Waals surface area contributed by atoms with Crippen molar-refractivity contribution < 1.29 is 14.4 Å². The highest BCUT2D eigenvalue weighted by atomic mass is 16.2. The van der Waals surface area contributed by atoms with Crippen LogP contribution in [0.3, 0.4) is 0 Å². The van der Waals surface area contributed by atoms with Gasteiger partial charge in [-0.2, -0.15) is 0 Å². The number of Topliss-reactive ketones (excluding diaryl/α,β-unsaturated/α-hetero) is 1. The molecule has 1 saturated carbocycles. The Bertz CT molecular complexity index is 381. The number of ketones is 1. The number of nitrogens with two attached hydrogens (primary N) is 1. The summed E-state index contributed by atoms with van der Waals surface area (Å²) >= 11 is 0. The number of hydrogen-bond donors (Lipinski definition) is 2. The lowest BCUT2D eigenvalue weighted by Crippen LogP contribution is -2.55. The van der Waals surface area contributed by atoms with Crippen LogP contribution < -0.4 is 11.1 Å². The van der Waals surface area contributed by atoms with Crippen molar-refractivity contribution in [1.29, 1.82) is 0 Å². The summed E-state index contributed by atoms with van der Waals surface area (Å²) in [5.41, 5.74) is 5.70. The molecular weight excluding hydrogens is 234 g/mol. The molecule has 6 heteroatoms. The molecule has 2 fully saturated rings. The number of carbonyl (C=O) groups is 3. The Hall–Kier alpha value is -1.43. The zero-order chi connectivity index (χ0) is 13.3. The minimum atomic E-state index is -0.430. The van der Waals surface area contributed by atoms with Crippen molar-refractivity contribution in [2.24, 2.45) is 5.73 Å². The quantitative estimate of drug-likeness (QED) is 0.672. The molecule has 0 aromatic heterocycles. The van der Waals surface area contributed by atoms with E-state index in [1.165, 1.54) is 6.92 Å². The second-order valence-electron chi connectivity index (χ2n) is 5.08. The number of rotatable bonds is 2. The van der Waals surface area contributed by atoms with Crippen LogP contribution in [-0.4, -0.2) is 47.2 Å². The Balaban J connectivity index is 2.11. The van der Waals surface area contributed by atoms with Gasteiger partial charge >= 0.3 is 0 Å². The molecule has 0 unspecified atom stereocenters. The van der Waals surface area contributed by atoms with Gasteiger partial charge in [-0.05, 0) is 12.8 Å². The van der Waals surface area contributed by atoms with E-state index in [1.54, 1.807) is 4.90 Å². The Morgan fingerprint density at radius 3 is 2.67 bits per heavy atom. The first-order valence-electron chi connectivity index (χ1n) is 6.34. The van der Waals surface area contributed by atoms with Gasteiger partial charge in [-0.25, -0.2) is 0 Å². The van der Waals surface area contributed by atoms with Gasteiger partial charge in [0.15, 0.2) is 0 Å². The molecular formula is C12H19N3O3. The maximum atomic E-state index is 11.9. The Kier molecular flexibility index (Phi) is 3.65. The molecule has 0 spiro atoms. The molecule has 0 aromatic rings. The fourth-order valence-corrected chi connectivity index (χ4v) is 2.83. The number of likely N-dealkylation sites (tertiary alicyclic amines) is 1. The monoisotopic (exact) mass is 253 g/mol. The summed E-state index contributed by atoms with van der Waals surface area (Å²) in [6.45, 7) is 2.04. The van der Waals surface area contributed by atoms with Gasteiger partial charge < -0.3 is 16.0 Å². The highest BCUT2D eigenvalue weighted by Gasteiger charge is 2.40. The second kappa shape index (κ2) is 5.06. The third-order valence-electron chi connectivity index (χ3n) is 3.70. The van der Waals surface area contributed by atoms with Crippen molar-refractivity contribution in [1.82, 2.24) is 10.2 Å². The van der Waals surface area contributed by atoms with Gasteiger partial charge in [-0.1, -0.05) is 0 Å². The van der Waals surface area contributed by atoms with Crippen molar-refractivity contribution in [3.8, 4) is 0 Å². The number of hydrogen-bond acceptors (Lipinski definition) is 4. The SMILES string of the molecule is CC(=O)N[C@@H]1CC(=O)CC[C@@H]1N1CC[C@H](N)C1=O. The second-order valence-corrected chi connectivity index (χ2v) is 5.08. The summed E-state index contributed by atoms with van der Waals surface area (Å²) in [7, 11) is 0. The largest absolute Gasteiger partial charge is 0.351 e. The van der Waals surface area contributed by atoms with Gasteiger partial charge in [0.1, 0.15) is 5.78 Å². The predicted molar refractivity (Wildman–Crippen MR) is 64.6 cm³/mol. The molecule has 18 heavy (non-hydrogen) atoms. The zero-order valence-electron chi connectivity index (χ0n) is 10.5. The molecule has 100 valence electrons. The third-order valence-corrected chi connectivity index (χ3v) is 3.70. The maximum Gasteiger partial charge on any atom is 0.239 e. The molecule has 1 heterocycles. The summed E-state index contributed by atoms with van der Waals surface area (Å²) in [5, 5.41) is 2.78. The van der Waals surface area contributed by atoms with Gasteiger partial charge in [-0.15, -0.1) is 0 Å². The molecule has 1 aliphatic heterocycles. The summed E-state index contributed by atoms with van der Waals surface area (Å²) in [5.74, 6) is -0.0960. The number of nitrogens with zero attached hydrogens (tertiary/aromatic N) is 1. The fourth-order valence-electron chi connectivity index (χ4n) is 2.83. The van der Waals surface area contributed by atoms with E-state index in [1.807, 2.05) is 0 Å². The van der Waals surface area contributed by atoms with Gasteiger partial charge in [0.05, 0.1) is 18.1 Å². The van der Waals surface area contributed by atoms with Crippen molar-refractivity contribution in [3.63, 3.8) is 0 Å². The first kappa shape index (κ1) is 13.0. The lowest BCUT2D eigenvalue weighted by atomic mass is 9.88. The molecule has 0 radical (unpaired) electrons. The molecule has 6 nitrogen and oxygen atoms in total. The Morgan fingerprint density at radius 1 is 1.39 bits per heavy atom. The van der Waals surface area contributed by atoms with Crippen molar-refractivity contribution in [3.05, 3.63) is 0 Å². The normalized spacial score (nSPS) is 32.8. The van der Waals surface area contributed by atoms with Gasteiger partial charge in [0.2, 0.25) is 11.8 Å². The lowest BCUT2D eigenvalue weighted by molar-refractivity contribution is -0.135. The van der Waals surface area contributed by atoms with E-state index in [0.717, 1.165) is 0 Å². The molecule has 2 amide bonds. The van der Waals surface area contributed by atoms with Crippen molar-refractivity contribution in [2.45, 2.75) is 50.7 Å². The highest BCUT2D eigenvalue weighted by Crippen LogP contribution is 2.25. The first-order valence-corrected chi connectivity index (χ1v) is 6.34. The molecule has 3 atom stereocenters. The highest BCUT2D eigenvalue weighted by molar-refractivity contribution is 5.86. The predicted octanol–water partition coefficient (Wildman–Crippen LogP) is -0.828. The maximum absolute atomic E-state index is 11.9. The van der Waals surface area contributed by atoms with Crippen LogP contribution in [0.25, 0.3) is 0 Å². The van der Waals surface area contributed by atoms with E-state index in [9.17, 15) is 14.4 Å². The fraction of sp³-hybridized carbons (Fsp3) is 0.750. The Morgan fingerprint density at radius 2 is 2.11 bits per heavy atom. The lowest BCUT2D eigenvalue weighted by Gasteiger charge is -2.37. The van der Waals surface area contributed by atoms with Crippen LogP contribution in [0.1, 0.15) is 32.6 Å². The summed E-state index contributed by atoms with van der Waals surface area (Å²) in [4.78, 5) is 36.3. The van der Waals surface area contributed by atoms with E-state index in [2.05, 4.69) is 5.32 Å². The van der Waals surface area contributed by atoms with Crippen LogP contribution in [0.5, 0.6) is 0 Å². The van der Waals surface area contributed by atoms with Crippen LogP contribution >= 0.6 is 0 Å². The van der Waals surface area contributed by atoms with Crippen LogP contribution in [0.2, 0.25) is 0 Å². The van der Waals surface area contributed by atoms with E-state index in [-0.39, 0.29) is 29.7 Å². The van der Waals surface area contributed by atoms with Crippen LogP contribution in [0.15, 0.2) is 0 Å². The third kappa shape index (κ3) is 2.53. The summed E-state index contributed by atoms with van der Waals surface area (Å²) in [6, 6.07) is -0.786. The van der Waals surface area contributed by atoms with Crippen LogP contribution in [0.4, 0.5) is 0 Å². The smallest absolute Gasteiger partial charge is 0.239 e. The van der Waals surface area contributed by atoms with Gasteiger partial charge in [0.25, 0.3) is 0 Å². The average molecular weight is 253 g/mol. The van der Waals surface area contributed by atoms with E-state index < -0.39 is 6.04 Å².